The highest BCUT2D eigenvalue weighted by molar-refractivity contribution is 5.45. The monoisotopic (exact) mass is 238 g/mol. The van der Waals surface area contributed by atoms with Crippen molar-refractivity contribution in [1.29, 1.82) is 0 Å². The molecule has 0 aliphatic carbocycles. The second-order valence-corrected chi connectivity index (χ2v) is 2.92. The molecule has 0 amide bonds. The van der Waals surface area contributed by atoms with E-state index < -0.39 is 34.7 Å². The van der Waals surface area contributed by atoms with E-state index in [0.717, 1.165) is 0 Å². The predicted molar refractivity (Wildman–Crippen MR) is 45.9 cm³/mol. The maximum absolute atomic E-state index is 13.0. The highest BCUT2D eigenvalue weighted by Crippen LogP contribution is 2.37. The number of nitro benzene ring substituents is 1. The number of benzene rings is 1. The molecule has 0 atom stereocenters. The molecule has 0 bridgehead atoms. The Balaban J connectivity index is 3.49. The van der Waals surface area contributed by atoms with Gasteiger partial charge in [-0.25, -0.2) is 4.39 Å². The fourth-order valence-electron chi connectivity index (χ4n) is 1.14. The highest BCUT2D eigenvalue weighted by Gasteiger charge is 2.39. The summed E-state index contributed by atoms with van der Waals surface area (Å²) in [5.41, 5.74) is 1.88. The standard InChI is InChI=1S/C8H6F4N2O2/c9-6-2-5(8(10,11)12)7(14(15)16)1-4(6)3-13/h1-2H,3,13H2. The number of nitro groups is 1. The number of rotatable bonds is 2. The van der Waals surface area contributed by atoms with Gasteiger partial charge in [0.15, 0.2) is 0 Å². The molecule has 88 valence electrons. The predicted octanol–water partition coefficient (Wildman–Crippen LogP) is 2.21. The molecular formula is C8H6F4N2O2. The van der Waals surface area contributed by atoms with E-state index >= 15 is 0 Å². The van der Waals surface area contributed by atoms with E-state index in [1.54, 1.807) is 0 Å². The molecule has 0 fully saturated rings. The van der Waals surface area contributed by atoms with Crippen molar-refractivity contribution in [3.63, 3.8) is 0 Å². The molecule has 4 nitrogen and oxygen atoms in total. The van der Waals surface area contributed by atoms with E-state index in [-0.39, 0.29) is 11.6 Å². The Morgan fingerprint density at radius 1 is 1.38 bits per heavy atom. The van der Waals surface area contributed by atoms with Crippen LogP contribution in [0, 0.1) is 15.9 Å². The first kappa shape index (κ1) is 12.4. The third kappa shape index (κ3) is 2.27. The fourth-order valence-corrected chi connectivity index (χ4v) is 1.14. The number of nitrogens with two attached hydrogens (primary N) is 1. The minimum Gasteiger partial charge on any atom is -0.326 e. The summed E-state index contributed by atoms with van der Waals surface area (Å²) in [6.07, 6.45) is -4.98. The first-order valence-electron chi connectivity index (χ1n) is 4.01. The van der Waals surface area contributed by atoms with Crippen molar-refractivity contribution in [2.24, 2.45) is 5.73 Å². The average molecular weight is 238 g/mol. The Hall–Kier alpha value is -1.70. The van der Waals surface area contributed by atoms with Crippen molar-refractivity contribution in [2.45, 2.75) is 12.7 Å². The Kier molecular flexibility index (Phi) is 3.13. The molecule has 0 saturated heterocycles. The van der Waals surface area contributed by atoms with Crippen molar-refractivity contribution >= 4 is 5.69 Å². The molecule has 2 N–H and O–H groups in total. The van der Waals surface area contributed by atoms with Gasteiger partial charge in [0, 0.05) is 18.2 Å². The largest absolute Gasteiger partial charge is 0.423 e. The van der Waals surface area contributed by atoms with E-state index in [4.69, 9.17) is 5.73 Å². The molecule has 8 heteroatoms. The molecule has 0 saturated carbocycles. The van der Waals surface area contributed by atoms with Crippen LogP contribution >= 0.6 is 0 Å². The van der Waals surface area contributed by atoms with Gasteiger partial charge in [0.05, 0.1) is 4.92 Å². The van der Waals surface area contributed by atoms with Gasteiger partial charge in [-0.05, 0) is 6.07 Å². The number of halogens is 4. The van der Waals surface area contributed by atoms with Crippen molar-refractivity contribution < 1.29 is 22.5 Å². The summed E-state index contributed by atoms with van der Waals surface area (Å²) >= 11 is 0. The zero-order chi connectivity index (χ0) is 12.5. The lowest BCUT2D eigenvalue weighted by Crippen LogP contribution is -2.11. The second kappa shape index (κ2) is 4.05. The quantitative estimate of drug-likeness (QED) is 0.487. The van der Waals surface area contributed by atoms with Gasteiger partial charge in [-0.2, -0.15) is 13.2 Å². The van der Waals surface area contributed by atoms with E-state index in [0.29, 0.717) is 6.07 Å². The smallest absolute Gasteiger partial charge is 0.326 e. The molecular weight excluding hydrogens is 232 g/mol. The second-order valence-electron chi connectivity index (χ2n) is 2.92. The van der Waals surface area contributed by atoms with Crippen LogP contribution in [0.1, 0.15) is 11.1 Å². The van der Waals surface area contributed by atoms with Gasteiger partial charge in [0.1, 0.15) is 11.4 Å². The molecule has 0 unspecified atom stereocenters. The summed E-state index contributed by atoms with van der Waals surface area (Å²) in [4.78, 5) is 9.17. The third-order valence-electron chi connectivity index (χ3n) is 1.89. The molecule has 1 rings (SSSR count). The van der Waals surface area contributed by atoms with Crippen LogP contribution in [0.3, 0.4) is 0 Å². The van der Waals surface area contributed by atoms with Crippen molar-refractivity contribution in [2.75, 3.05) is 0 Å². The summed E-state index contributed by atoms with van der Waals surface area (Å²) in [5, 5.41) is 10.4. The molecule has 0 aliphatic heterocycles. The van der Waals surface area contributed by atoms with Crippen LogP contribution in [0.25, 0.3) is 0 Å². The Bertz CT molecular complexity index is 431. The van der Waals surface area contributed by atoms with Gasteiger partial charge in [0.25, 0.3) is 5.69 Å². The lowest BCUT2D eigenvalue weighted by atomic mass is 10.1. The van der Waals surface area contributed by atoms with Crippen LogP contribution in [-0.2, 0) is 12.7 Å². The topological polar surface area (TPSA) is 69.2 Å². The van der Waals surface area contributed by atoms with Crippen LogP contribution in [0.2, 0.25) is 0 Å². The van der Waals surface area contributed by atoms with E-state index in [9.17, 15) is 27.7 Å². The van der Waals surface area contributed by atoms with Crippen LogP contribution < -0.4 is 5.73 Å². The Morgan fingerprint density at radius 2 is 1.94 bits per heavy atom. The van der Waals surface area contributed by atoms with Crippen molar-refractivity contribution in [1.82, 2.24) is 0 Å². The molecule has 16 heavy (non-hydrogen) atoms. The van der Waals surface area contributed by atoms with Crippen LogP contribution in [0.15, 0.2) is 12.1 Å². The molecule has 0 aliphatic rings. The van der Waals surface area contributed by atoms with Gasteiger partial charge in [-0.3, -0.25) is 10.1 Å². The zero-order valence-corrected chi connectivity index (χ0v) is 7.71. The first-order valence-corrected chi connectivity index (χ1v) is 4.01. The third-order valence-corrected chi connectivity index (χ3v) is 1.89. The molecule has 0 aromatic heterocycles. The zero-order valence-electron chi connectivity index (χ0n) is 7.71. The summed E-state index contributed by atoms with van der Waals surface area (Å²) in [6, 6.07) is 0.582. The average Bonchev–Trinajstić information content (AvgIpc) is 2.15. The van der Waals surface area contributed by atoms with E-state index in [1.165, 1.54) is 0 Å². The lowest BCUT2D eigenvalue weighted by Gasteiger charge is -2.09. The molecule has 0 heterocycles. The van der Waals surface area contributed by atoms with E-state index in [1.807, 2.05) is 0 Å². The maximum Gasteiger partial charge on any atom is 0.423 e. The van der Waals surface area contributed by atoms with Gasteiger partial charge in [0.2, 0.25) is 0 Å². The van der Waals surface area contributed by atoms with Gasteiger partial charge in [-0.1, -0.05) is 0 Å². The van der Waals surface area contributed by atoms with Crippen LogP contribution in [0.5, 0.6) is 0 Å². The minimum absolute atomic E-state index is 0.0837. The Labute approximate surface area is 86.8 Å². The summed E-state index contributed by atoms with van der Waals surface area (Å²) in [7, 11) is 0. The molecule has 1 aromatic carbocycles. The summed E-state index contributed by atoms with van der Waals surface area (Å²) in [5.74, 6) is -1.21. The maximum atomic E-state index is 13.0. The SMILES string of the molecule is NCc1cc([N+](=O)[O-])c(C(F)(F)F)cc1F. The van der Waals surface area contributed by atoms with Gasteiger partial charge >= 0.3 is 6.18 Å². The lowest BCUT2D eigenvalue weighted by molar-refractivity contribution is -0.388. The van der Waals surface area contributed by atoms with E-state index in [2.05, 4.69) is 0 Å². The number of alkyl halides is 3. The molecule has 0 spiro atoms. The summed E-state index contributed by atoms with van der Waals surface area (Å²) in [6.45, 7) is -0.412. The minimum atomic E-state index is -4.98. The normalized spacial score (nSPS) is 11.6. The van der Waals surface area contributed by atoms with Crippen LogP contribution in [-0.4, -0.2) is 4.92 Å². The van der Waals surface area contributed by atoms with Crippen molar-refractivity contribution in [3.05, 3.63) is 39.2 Å². The van der Waals surface area contributed by atoms with Gasteiger partial charge < -0.3 is 5.73 Å². The highest BCUT2D eigenvalue weighted by atomic mass is 19.4. The number of hydrogen-bond donors (Lipinski definition) is 1. The summed E-state index contributed by atoms with van der Waals surface area (Å²) < 4.78 is 50.0. The molecule has 1 aromatic rings. The first-order chi connectivity index (χ1) is 7.27. The fraction of sp³-hybridized carbons (Fsp3) is 0.250. The Morgan fingerprint density at radius 3 is 2.31 bits per heavy atom. The van der Waals surface area contributed by atoms with Crippen LogP contribution in [0.4, 0.5) is 23.2 Å². The van der Waals surface area contributed by atoms with Crippen molar-refractivity contribution in [3.8, 4) is 0 Å². The number of nitrogens with zero attached hydrogens (tertiary/aromatic N) is 1. The molecule has 0 radical (unpaired) electrons. The number of hydrogen-bond acceptors (Lipinski definition) is 3. The van der Waals surface area contributed by atoms with Gasteiger partial charge in [-0.15, -0.1) is 0 Å².